The van der Waals surface area contributed by atoms with E-state index in [1.165, 1.54) is 24.3 Å². The average molecular weight is 324 g/mol. The highest BCUT2D eigenvalue weighted by Crippen LogP contribution is 2.23. The lowest BCUT2D eigenvalue weighted by Gasteiger charge is -2.35. The highest BCUT2D eigenvalue weighted by Gasteiger charge is 2.33. The van der Waals surface area contributed by atoms with Crippen LogP contribution in [0.5, 0.6) is 5.75 Å². The molecule has 0 spiro atoms. The SMILES string of the molecule is CC(C)(O)[C@H]1CC[C@H](NC(=O)Oc2ccc([N+](=O)[O-])cc2)CO1. The first-order chi connectivity index (χ1) is 10.8. The molecule has 0 aromatic heterocycles. The third kappa shape index (κ3) is 4.90. The van der Waals surface area contributed by atoms with Crippen molar-refractivity contribution in [3.05, 3.63) is 34.4 Å². The molecule has 1 aliphatic heterocycles. The molecule has 0 saturated carbocycles. The van der Waals surface area contributed by atoms with Crippen LogP contribution < -0.4 is 10.1 Å². The number of amides is 1. The van der Waals surface area contributed by atoms with Crippen molar-refractivity contribution < 1.29 is 24.3 Å². The van der Waals surface area contributed by atoms with Crippen molar-refractivity contribution in [1.82, 2.24) is 5.32 Å². The van der Waals surface area contributed by atoms with Gasteiger partial charge in [-0.25, -0.2) is 4.79 Å². The molecule has 0 bridgehead atoms. The number of non-ortho nitro benzene ring substituents is 1. The van der Waals surface area contributed by atoms with Gasteiger partial charge in [-0.05, 0) is 38.8 Å². The van der Waals surface area contributed by atoms with Crippen molar-refractivity contribution in [2.75, 3.05) is 6.61 Å². The van der Waals surface area contributed by atoms with E-state index in [0.29, 0.717) is 19.4 Å². The van der Waals surface area contributed by atoms with Gasteiger partial charge in [0.2, 0.25) is 0 Å². The van der Waals surface area contributed by atoms with Crippen molar-refractivity contribution in [1.29, 1.82) is 0 Å². The largest absolute Gasteiger partial charge is 0.412 e. The number of carbonyl (C=O) groups excluding carboxylic acids is 1. The van der Waals surface area contributed by atoms with Gasteiger partial charge in [-0.3, -0.25) is 10.1 Å². The first kappa shape index (κ1) is 17.2. The molecule has 8 nitrogen and oxygen atoms in total. The molecule has 0 unspecified atom stereocenters. The summed E-state index contributed by atoms with van der Waals surface area (Å²) in [4.78, 5) is 21.8. The quantitative estimate of drug-likeness (QED) is 0.647. The van der Waals surface area contributed by atoms with Gasteiger partial charge >= 0.3 is 6.09 Å². The van der Waals surface area contributed by atoms with Crippen LogP contribution >= 0.6 is 0 Å². The van der Waals surface area contributed by atoms with E-state index in [9.17, 15) is 20.0 Å². The maximum absolute atomic E-state index is 11.8. The van der Waals surface area contributed by atoms with Crippen molar-refractivity contribution >= 4 is 11.8 Å². The summed E-state index contributed by atoms with van der Waals surface area (Å²) in [6.45, 7) is 3.67. The summed E-state index contributed by atoms with van der Waals surface area (Å²) in [5, 5.41) is 23.1. The topological polar surface area (TPSA) is 111 Å². The van der Waals surface area contributed by atoms with Gasteiger partial charge in [-0.15, -0.1) is 0 Å². The molecule has 1 heterocycles. The zero-order chi connectivity index (χ0) is 17.0. The van der Waals surface area contributed by atoms with Crippen LogP contribution in [0.1, 0.15) is 26.7 Å². The molecule has 1 saturated heterocycles. The van der Waals surface area contributed by atoms with Crippen molar-refractivity contribution in [2.24, 2.45) is 0 Å². The highest BCUT2D eigenvalue weighted by molar-refractivity contribution is 5.70. The van der Waals surface area contributed by atoms with E-state index < -0.39 is 16.6 Å². The lowest BCUT2D eigenvalue weighted by Crippen LogP contribution is -2.49. The number of ether oxygens (including phenoxy) is 2. The smallest absolute Gasteiger partial charge is 0.410 e. The van der Waals surface area contributed by atoms with E-state index in [4.69, 9.17) is 9.47 Å². The number of nitro groups is 1. The van der Waals surface area contributed by atoms with Crippen molar-refractivity contribution in [3.63, 3.8) is 0 Å². The molecule has 0 aliphatic carbocycles. The number of aliphatic hydroxyl groups is 1. The number of nitro benzene ring substituents is 1. The maximum Gasteiger partial charge on any atom is 0.412 e. The van der Waals surface area contributed by atoms with Gasteiger partial charge < -0.3 is 19.9 Å². The average Bonchev–Trinajstić information content (AvgIpc) is 2.47. The minimum Gasteiger partial charge on any atom is -0.410 e. The van der Waals surface area contributed by atoms with E-state index in [1.54, 1.807) is 13.8 Å². The normalized spacial score (nSPS) is 21.5. The Kier molecular flexibility index (Phi) is 5.17. The molecule has 2 N–H and O–H groups in total. The van der Waals surface area contributed by atoms with E-state index >= 15 is 0 Å². The molecule has 1 fully saturated rings. The summed E-state index contributed by atoms with van der Waals surface area (Å²) in [5.74, 6) is 0.221. The molecular formula is C15H20N2O6. The molecule has 8 heteroatoms. The molecular weight excluding hydrogens is 304 g/mol. The number of carbonyl (C=O) groups is 1. The monoisotopic (exact) mass is 324 g/mol. The molecule has 2 atom stereocenters. The lowest BCUT2D eigenvalue weighted by atomic mass is 9.93. The van der Waals surface area contributed by atoms with Gasteiger partial charge in [0.15, 0.2) is 0 Å². The van der Waals surface area contributed by atoms with Crippen LogP contribution in [0.25, 0.3) is 0 Å². The Morgan fingerprint density at radius 2 is 2.04 bits per heavy atom. The number of rotatable bonds is 4. The standard InChI is InChI=1S/C15H20N2O6/c1-15(2,19)13-8-3-10(9-22-13)16-14(18)23-12-6-4-11(5-7-12)17(20)21/h4-7,10,13,19H,3,8-9H2,1-2H3,(H,16,18)/t10-,13+/m0/s1. The Morgan fingerprint density at radius 1 is 1.39 bits per heavy atom. The summed E-state index contributed by atoms with van der Waals surface area (Å²) < 4.78 is 10.6. The zero-order valence-corrected chi connectivity index (χ0v) is 13.0. The highest BCUT2D eigenvalue weighted by atomic mass is 16.6. The van der Waals surface area contributed by atoms with E-state index in [-0.39, 0.29) is 23.6 Å². The Hall–Kier alpha value is -2.19. The number of nitrogens with one attached hydrogen (secondary N) is 1. The lowest BCUT2D eigenvalue weighted by molar-refractivity contribution is -0.384. The number of nitrogens with zero attached hydrogens (tertiary/aromatic N) is 1. The molecule has 0 radical (unpaired) electrons. The minimum atomic E-state index is -0.912. The van der Waals surface area contributed by atoms with Crippen molar-refractivity contribution in [3.8, 4) is 5.75 Å². The third-order valence-corrected chi connectivity index (χ3v) is 3.64. The molecule has 23 heavy (non-hydrogen) atoms. The third-order valence-electron chi connectivity index (χ3n) is 3.64. The van der Waals surface area contributed by atoms with Gasteiger partial charge in [-0.1, -0.05) is 0 Å². The molecule has 2 rings (SSSR count). The van der Waals surface area contributed by atoms with Crippen LogP contribution in [0.2, 0.25) is 0 Å². The second kappa shape index (κ2) is 6.93. The van der Waals surface area contributed by atoms with E-state index in [2.05, 4.69) is 5.32 Å². The predicted molar refractivity (Wildman–Crippen MR) is 81.3 cm³/mol. The predicted octanol–water partition coefficient (Wildman–Crippen LogP) is 2.00. The van der Waals surface area contributed by atoms with Crippen LogP contribution in [-0.2, 0) is 4.74 Å². The molecule has 1 amide bonds. The minimum absolute atomic E-state index is 0.0731. The van der Waals surface area contributed by atoms with Crippen LogP contribution in [0.3, 0.4) is 0 Å². The molecule has 126 valence electrons. The fraction of sp³-hybridized carbons (Fsp3) is 0.533. The second-order valence-corrected chi connectivity index (χ2v) is 6.03. The molecule has 1 aliphatic rings. The maximum atomic E-state index is 11.8. The Labute approximate surface area is 133 Å². The summed E-state index contributed by atoms with van der Waals surface area (Å²) >= 11 is 0. The van der Waals surface area contributed by atoms with Crippen molar-refractivity contribution in [2.45, 2.75) is 44.4 Å². The fourth-order valence-electron chi connectivity index (χ4n) is 2.36. The number of hydrogen-bond acceptors (Lipinski definition) is 6. The van der Waals surface area contributed by atoms with Gasteiger partial charge in [0.1, 0.15) is 5.75 Å². The summed E-state index contributed by atoms with van der Waals surface area (Å²) in [5.41, 5.74) is -0.986. The second-order valence-electron chi connectivity index (χ2n) is 6.03. The van der Waals surface area contributed by atoms with Crippen LogP contribution in [0.4, 0.5) is 10.5 Å². The van der Waals surface area contributed by atoms with Gasteiger partial charge in [0.25, 0.3) is 5.69 Å². The van der Waals surface area contributed by atoms with Crippen LogP contribution in [-0.4, -0.2) is 40.5 Å². The number of benzene rings is 1. The summed E-state index contributed by atoms with van der Waals surface area (Å²) in [7, 11) is 0. The van der Waals surface area contributed by atoms with Crippen LogP contribution in [0.15, 0.2) is 24.3 Å². The van der Waals surface area contributed by atoms with E-state index in [1.807, 2.05) is 0 Å². The fourth-order valence-corrected chi connectivity index (χ4v) is 2.36. The first-order valence-corrected chi connectivity index (χ1v) is 7.32. The van der Waals surface area contributed by atoms with E-state index in [0.717, 1.165) is 0 Å². The number of hydrogen-bond donors (Lipinski definition) is 2. The first-order valence-electron chi connectivity index (χ1n) is 7.32. The Morgan fingerprint density at radius 3 is 2.52 bits per heavy atom. The van der Waals surface area contributed by atoms with Gasteiger partial charge in [0, 0.05) is 12.1 Å². The Bertz CT molecular complexity index is 558. The van der Waals surface area contributed by atoms with Crippen LogP contribution in [0, 0.1) is 10.1 Å². The summed E-state index contributed by atoms with van der Waals surface area (Å²) in [6.07, 6.45) is 0.399. The molecule has 1 aromatic rings. The molecule has 1 aromatic carbocycles. The summed E-state index contributed by atoms with van der Waals surface area (Å²) in [6, 6.07) is 5.05. The van der Waals surface area contributed by atoms with Gasteiger partial charge in [0.05, 0.1) is 29.3 Å². The van der Waals surface area contributed by atoms with Gasteiger partial charge in [-0.2, -0.15) is 0 Å². The Balaban J connectivity index is 1.80. The zero-order valence-electron chi connectivity index (χ0n) is 13.0.